The van der Waals surface area contributed by atoms with Gasteiger partial charge >= 0.3 is 263 Å². The summed E-state index contributed by atoms with van der Waals surface area (Å²) in [7, 11) is 0. The van der Waals surface area contributed by atoms with Crippen molar-refractivity contribution in [1.29, 1.82) is 0 Å². The minimum Gasteiger partial charge on any atom is -1.00 e. The number of hydrogen-bond acceptors (Lipinski definition) is 0. The summed E-state index contributed by atoms with van der Waals surface area (Å²) in [5.74, 6) is 0. The van der Waals surface area contributed by atoms with E-state index in [-0.39, 0.29) is 35.6 Å². The predicted molar refractivity (Wildman–Crippen MR) is 181 cm³/mol. The molecule has 0 saturated heterocycles. The maximum atomic E-state index is 2.57. The van der Waals surface area contributed by atoms with E-state index in [1.54, 1.807) is 14.4 Å². The van der Waals surface area contributed by atoms with Gasteiger partial charge in [0.2, 0.25) is 0 Å². The van der Waals surface area contributed by atoms with E-state index in [9.17, 15) is 0 Å². The van der Waals surface area contributed by atoms with E-state index in [0.29, 0.717) is 7.35 Å². The van der Waals surface area contributed by atoms with Crippen LogP contribution in [-0.4, -0.2) is 3.26 Å². The van der Waals surface area contributed by atoms with Crippen molar-refractivity contribution >= 4 is 15.4 Å². The Morgan fingerprint density at radius 3 is 1.30 bits per heavy atom. The average molecular weight is 786 g/mol. The van der Waals surface area contributed by atoms with Gasteiger partial charge in [-0.2, -0.15) is 0 Å². The zero-order chi connectivity index (χ0) is 29.8. The smallest absolute Gasteiger partial charge is 1.00 e. The number of hydrogen-bond donors (Lipinski definition) is 0. The number of halogens is 2. The maximum Gasteiger partial charge on any atom is -1.00 e. The monoisotopic (exact) mass is 786 g/mol. The fourth-order valence-electron chi connectivity index (χ4n) is 6.84. The van der Waals surface area contributed by atoms with Crippen molar-refractivity contribution in [3.8, 4) is 22.3 Å². The van der Waals surface area contributed by atoms with Gasteiger partial charge in [0.25, 0.3) is 0 Å². The zero-order valence-electron chi connectivity index (χ0n) is 27.3. The minimum absolute atomic E-state index is 0. The van der Waals surface area contributed by atoms with Gasteiger partial charge in [-0.1, -0.05) is 0 Å². The molecule has 2 atom stereocenters. The van der Waals surface area contributed by atoms with Crippen molar-refractivity contribution in [3.05, 3.63) is 130 Å². The molecule has 2 aliphatic rings. The molecule has 0 amide bonds. The van der Waals surface area contributed by atoms with E-state index in [1.807, 2.05) is 0 Å². The number of fused-ring (bicyclic) bond motifs is 2. The Morgan fingerprint density at radius 1 is 0.545 bits per heavy atom. The topological polar surface area (TPSA) is 0 Å². The number of rotatable bonds is 4. The van der Waals surface area contributed by atoms with Gasteiger partial charge < -0.3 is 24.8 Å². The van der Waals surface area contributed by atoms with Crippen LogP contribution in [0.3, 0.4) is 0 Å². The summed E-state index contributed by atoms with van der Waals surface area (Å²) in [4.78, 5) is 0. The Hall–Kier alpha value is -2.32. The van der Waals surface area contributed by atoms with Crippen molar-refractivity contribution in [2.24, 2.45) is 0 Å². The molecular formula is C41H44Cl2Hf. The molecule has 0 fully saturated rings. The summed E-state index contributed by atoms with van der Waals surface area (Å²) >= 11 is -2.43. The van der Waals surface area contributed by atoms with Crippen molar-refractivity contribution < 1.29 is 45.8 Å². The molecule has 4 aromatic carbocycles. The standard InChI is InChI=1S/2C19H19.C3H6.2ClH.Hf/c2*1-19(2,3)16-10-4-9-15(13-16)18-12-6-8-14-7-5-11-17(14)18;1-3-2;;;/h2*4-13H,1-3H3;1-2H3;2*1H;/q;;;;;+2/p-2. The first-order valence-electron chi connectivity index (χ1n) is 15.4. The van der Waals surface area contributed by atoms with Crippen LogP contribution in [0.2, 0.25) is 0 Å². The Morgan fingerprint density at radius 2 is 0.932 bits per heavy atom. The van der Waals surface area contributed by atoms with Gasteiger partial charge in [0, 0.05) is 0 Å². The van der Waals surface area contributed by atoms with Crippen LogP contribution >= 0.6 is 0 Å². The summed E-state index contributed by atoms with van der Waals surface area (Å²) in [5.41, 5.74) is 14.4. The van der Waals surface area contributed by atoms with Crippen LogP contribution in [-0.2, 0) is 31.8 Å². The van der Waals surface area contributed by atoms with Crippen LogP contribution in [0.25, 0.3) is 34.4 Å². The van der Waals surface area contributed by atoms with Crippen LogP contribution in [0.5, 0.6) is 0 Å². The fourth-order valence-corrected chi connectivity index (χ4v) is 19.1. The largest absolute Gasteiger partial charge is 1.00 e. The van der Waals surface area contributed by atoms with Gasteiger partial charge in [0.15, 0.2) is 0 Å². The quantitative estimate of drug-likeness (QED) is 0.247. The van der Waals surface area contributed by atoms with Gasteiger partial charge in [-0.15, -0.1) is 0 Å². The molecule has 2 aliphatic carbocycles. The van der Waals surface area contributed by atoms with Crippen molar-refractivity contribution in [2.45, 2.75) is 73.6 Å². The van der Waals surface area contributed by atoms with Gasteiger partial charge in [-0.3, -0.25) is 0 Å². The third-order valence-corrected chi connectivity index (χ3v) is 21.8. The van der Waals surface area contributed by atoms with Crippen molar-refractivity contribution in [3.63, 3.8) is 0 Å². The molecular weight excluding hydrogens is 742 g/mol. The van der Waals surface area contributed by atoms with Crippen LogP contribution in [0, 0.1) is 0 Å². The van der Waals surface area contributed by atoms with Gasteiger partial charge in [-0.25, -0.2) is 0 Å². The molecule has 0 nitrogen and oxygen atoms in total. The first kappa shape index (κ1) is 34.6. The Bertz CT molecular complexity index is 1650. The summed E-state index contributed by atoms with van der Waals surface area (Å²) in [6.07, 6.45) is 10.0. The van der Waals surface area contributed by atoms with Crippen LogP contribution < -0.4 is 24.8 Å². The predicted octanol–water partition coefficient (Wildman–Crippen LogP) is 5.29. The van der Waals surface area contributed by atoms with Gasteiger partial charge in [0.1, 0.15) is 0 Å². The van der Waals surface area contributed by atoms with E-state index >= 15 is 0 Å². The Labute approximate surface area is 285 Å². The molecule has 0 heterocycles. The molecule has 3 heteroatoms. The van der Waals surface area contributed by atoms with Crippen molar-refractivity contribution in [2.75, 3.05) is 0 Å². The Balaban J connectivity index is 0.00000221. The van der Waals surface area contributed by atoms with E-state index in [0.717, 1.165) is 0 Å². The normalized spacial score (nSPS) is 16.3. The first-order chi connectivity index (χ1) is 19.9. The molecule has 0 saturated carbocycles. The number of allylic oxidation sites excluding steroid dienone is 2. The first-order valence-corrected chi connectivity index (χ1v) is 21.4. The van der Waals surface area contributed by atoms with Crippen LogP contribution in [0.4, 0.5) is 0 Å². The molecule has 44 heavy (non-hydrogen) atoms. The van der Waals surface area contributed by atoms with Crippen LogP contribution in [0.1, 0.15) is 96.1 Å². The maximum absolute atomic E-state index is 2.57. The van der Waals surface area contributed by atoms with E-state index in [4.69, 9.17) is 0 Å². The molecule has 2 unspecified atom stereocenters. The summed E-state index contributed by atoms with van der Waals surface area (Å²) in [6, 6.07) is 32.4. The van der Waals surface area contributed by atoms with Crippen molar-refractivity contribution in [1.82, 2.24) is 0 Å². The van der Waals surface area contributed by atoms with Gasteiger partial charge in [0.05, 0.1) is 0 Å². The SMILES string of the molecule is C[C](C)=[Hf+2]([CH]1C=Cc2c(-c3cccc(C(C)(C)C)c3)cccc21)[CH]1C=Cc2c(-c3cccc(C(C)(C)C)c3)cccc21.[Cl-].[Cl-]. The summed E-state index contributed by atoms with van der Waals surface area (Å²) in [5, 5.41) is 0. The summed E-state index contributed by atoms with van der Waals surface area (Å²) in [6.45, 7) is 18.7. The van der Waals surface area contributed by atoms with E-state index in [2.05, 4.69) is 165 Å². The third-order valence-electron chi connectivity index (χ3n) is 9.19. The Kier molecular flexibility index (Phi) is 10.4. The molecule has 0 N–H and O–H groups in total. The van der Waals surface area contributed by atoms with Gasteiger partial charge in [-0.05, 0) is 0 Å². The second-order valence-corrected chi connectivity index (χ2v) is 25.7. The molecule has 0 bridgehead atoms. The van der Waals surface area contributed by atoms with Crippen LogP contribution in [0.15, 0.2) is 97.1 Å². The molecule has 0 radical (unpaired) electrons. The average Bonchev–Trinajstić information content (AvgIpc) is 3.57. The molecule has 4 aromatic rings. The molecule has 226 valence electrons. The van der Waals surface area contributed by atoms with E-state index in [1.165, 1.54) is 44.5 Å². The second-order valence-electron chi connectivity index (χ2n) is 14.4. The minimum atomic E-state index is -2.43. The molecule has 0 aromatic heterocycles. The molecule has 0 aliphatic heterocycles. The molecule has 6 rings (SSSR count). The number of benzene rings is 4. The molecule has 0 spiro atoms. The third kappa shape index (κ3) is 6.48. The second kappa shape index (κ2) is 13.2. The fraction of sp³-hybridized carbons (Fsp3) is 0.293. The van der Waals surface area contributed by atoms with E-state index < -0.39 is 21.0 Å². The summed E-state index contributed by atoms with van der Waals surface area (Å²) < 4.78 is 2.83. The zero-order valence-corrected chi connectivity index (χ0v) is 32.4.